The van der Waals surface area contributed by atoms with E-state index < -0.39 is 0 Å². The quantitative estimate of drug-likeness (QED) is 0.346. The van der Waals surface area contributed by atoms with E-state index in [2.05, 4.69) is 51.5 Å². The Morgan fingerprint density at radius 1 is 1.21 bits per heavy atom. The number of likely N-dealkylation sites (tertiary alicyclic amines) is 1. The minimum Gasteiger partial charge on any atom is -0.444 e. The Bertz CT molecular complexity index is 738. The highest BCUT2D eigenvalue weighted by Gasteiger charge is 2.20. The SMILES string of the molecule is CCC(CNC(=NC)NCc1coc(-c2ccc(C)cc2)n1)N1CCCC1.I. The summed E-state index contributed by atoms with van der Waals surface area (Å²) in [5, 5.41) is 6.78. The van der Waals surface area contributed by atoms with Crippen LogP contribution in [0.4, 0.5) is 0 Å². The molecule has 2 N–H and O–H groups in total. The van der Waals surface area contributed by atoms with Crippen molar-refractivity contribution in [1.82, 2.24) is 20.5 Å². The first kappa shape index (κ1) is 22.7. The number of nitrogens with zero attached hydrogens (tertiary/aromatic N) is 3. The fraction of sp³-hybridized carbons (Fsp3) is 0.524. The Labute approximate surface area is 185 Å². The van der Waals surface area contributed by atoms with E-state index in [1.54, 1.807) is 13.3 Å². The van der Waals surface area contributed by atoms with Crippen LogP contribution in [-0.4, -0.2) is 48.6 Å². The van der Waals surface area contributed by atoms with Gasteiger partial charge in [0.15, 0.2) is 5.96 Å². The number of hydrogen-bond donors (Lipinski definition) is 2. The lowest BCUT2D eigenvalue weighted by molar-refractivity contribution is 0.236. The van der Waals surface area contributed by atoms with Crippen LogP contribution in [0.5, 0.6) is 0 Å². The third kappa shape index (κ3) is 6.20. The maximum Gasteiger partial charge on any atom is 0.226 e. The molecule has 1 aromatic carbocycles. The first-order valence-corrected chi connectivity index (χ1v) is 9.89. The molecule has 1 aliphatic heterocycles. The van der Waals surface area contributed by atoms with Crippen LogP contribution in [0.1, 0.15) is 37.4 Å². The topological polar surface area (TPSA) is 65.7 Å². The summed E-state index contributed by atoms with van der Waals surface area (Å²) in [6.07, 6.45) is 5.49. The van der Waals surface area contributed by atoms with Crippen LogP contribution in [0.15, 0.2) is 39.9 Å². The standard InChI is InChI=1S/C21H31N5O.HI/c1-4-19(26-11-5-6-12-26)14-24-21(22-3)23-13-18-15-27-20(25-18)17-9-7-16(2)8-10-17;/h7-10,15,19H,4-6,11-14H2,1-3H3,(H2,22,23,24);1H. The monoisotopic (exact) mass is 497 g/mol. The van der Waals surface area contributed by atoms with E-state index >= 15 is 0 Å². The van der Waals surface area contributed by atoms with Gasteiger partial charge in [0.2, 0.25) is 5.89 Å². The van der Waals surface area contributed by atoms with Crippen molar-refractivity contribution in [2.75, 3.05) is 26.7 Å². The summed E-state index contributed by atoms with van der Waals surface area (Å²) in [7, 11) is 1.80. The smallest absolute Gasteiger partial charge is 0.226 e. The molecule has 0 radical (unpaired) electrons. The van der Waals surface area contributed by atoms with Crippen molar-refractivity contribution < 1.29 is 4.42 Å². The molecule has 1 fully saturated rings. The van der Waals surface area contributed by atoms with Gasteiger partial charge in [-0.2, -0.15) is 0 Å². The molecular formula is C21H32IN5O. The zero-order chi connectivity index (χ0) is 19.1. The molecule has 154 valence electrons. The van der Waals surface area contributed by atoms with E-state index in [-0.39, 0.29) is 24.0 Å². The Kier molecular flexibility index (Phi) is 9.24. The molecule has 3 rings (SSSR count). The van der Waals surface area contributed by atoms with E-state index in [9.17, 15) is 0 Å². The van der Waals surface area contributed by atoms with Crippen molar-refractivity contribution >= 4 is 29.9 Å². The van der Waals surface area contributed by atoms with Crippen LogP contribution in [-0.2, 0) is 6.54 Å². The number of hydrogen-bond acceptors (Lipinski definition) is 4. The first-order valence-electron chi connectivity index (χ1n) is 9.89. The van der Waals surface area contributed by atoms with Crippen molar-refractivity contribution in [3.05, 3.63) is 41.8 Å². The lowest BCUT2D eigenvalue weighted by Crippen LogP contribution is -2.46. The molecule has 0 spiro atoms. The third-order valence-corrected chi connectivity index (χ3v) is 5.14. The summed E-state index contributed by atoms with van der Waals surface area (Å²) >= 11 is 0. The molecule has 0 amide bonds. The van der Waals surface area contributed by atoms with E-state index in [1.165, 1.54) is 31.5 Å². The highest BCUT2D eigenvalue weighted by molar-refractivity contribution is 14.0. The van der Waals surface area contributed by atoms with Crippen molar-refractivity contribution in [2.45, 2.75) is 45.7 Å². The van der Waals surface area contributed by atoms with Gasteiger partial charge in [-0.3, -0.25) is 9.89 Å². The summed E-state index contributed by atoms with van der Waals surface area (Å²) in [6, 6.07) is 8.75. The van der Waals surface area contributed by atoms with Gasteiger partial charge in [0.1, 0.15) is 6.26 Å². The Balaban J connectivity index is 0.00000280. The number of aliphatic imine (C=N–C) groups is 1. The lowest BCUT2D eigenvalue weighted by atomic mass is 10.1. The number of halogens is 1. The third-order valence-electron chi connectivity index (χ3n) is 5.14. The Morgan fingerprint density at radius 2 is 1.93 bits per heavy atom. The van der Waals surface area contributed by atoms with Gasteiger partial charge in [-0.05, 0) is 51.4 Å². The second-order valence-corrected chi connectivity index (χ2v) is 7.12. The zero-order valence-corrected chi connectivity index (χ0v) is 19.4. The van der Waals surface area contributed by atoms with Gasteiger partial charge >= 0.3 is 0 Å². The Hall–Kier alpha value is -1.61. The molecule has 28 heavy (non-hydrogen) atoms. The van der Waals surface area contributed by atoms with Gasteiger partial charge < -0.3 is 15.1 Å². The summed E-state index contributed by atoms with van der Waals surface area (Å²) in [5.74, 6) is 1.45. The average Bonchev–Trinajstić information content (AvgIpc) is 3.37. The number of rotatable bonds is 7. The van der Waals surface area contributed by atoms with E-state index in [1.807, 2.05) is 12.1 Å². The van der Waals surface area contributed by atoms with E-state index in [0.717, 1.165) is 30.2 Å². The zero-order valence-electron chi connectivity index (χ0n) is 17.1. The molecule has 0 saturated carbocycles. The molecule has 2 aromatic rings. The average molecular weight is 497 g/mol. The molecule has 0 bridgehead atoms. The normalized spacial score (nSPS) is 15.9. The van der Waals surface area contributed by atoms with Crippen LogP contribution in [0, 0.1) is 6.92 Å². The number of aromatic nitrogens is 1. The van der Waals surface area contributed by atoms with Gasteiger partial charge in [-0.1, -0.05) is 24.6 Å². The molecule has 2 heterocycles. The second-order valence-electron chi connectivity index (χ2n) is 7.12. The van der Waals surface area contributed by atoms with E-state index in [4.69, 9.17) is 4.42 Å². The van der Waals surface area contributed by atoms with Crippen LogP contribution in [0.3, 0.4) is 0 Å². The molecule has 0 aliphatic carbocycles. The van der Waals surface area contributed by atoms with Gasteiger partial charge in [0.05, 0.1) is 12.2 Å². The lowest BCUT2D eigenvalue weighted by Gasteiger charge is -2.27. The highest BCUT2D eigenvalue weighted by atomic mass is 127. The minimum absolute atomic E-state index is 0. The van der Waals surface area contributed by atoms with Gasteiger partial charge in [-0.25, -0.2) is 4.98 Å². The molecule has 6 nitrogen and oxygen atoms in total. The van der Waals surface area contributed by atoms with Crippen LogP contribution in [0.2, 0.25) is 0 Å². The van der Waals surface area contributed by atoms with Gasteiger partial charge in [0, 0.05) is 25.2 Å². The number of guanidine groups is 1. The second kappa shape index (κ2) is 11.4. The summed E-state index contributed by atoms with van der Waals surface area (Å²) in [6.45, 7) is 8.24. The minimum atomic E-state index is 0. The first-order chi connectivity index (χ1) is 13.2. The fourth-order valence-corrected chi connectivity index (χ4v) is 3.46. The molecular weight excluding hydrogens is 465 g/mol. The van der Waals surface area contributed by atoms with E-state index in [0.29, 0.717) is 18.5 Å². The molecule has 1 aromatic heterocycles. The molecule has 1 unspecified atom stereocenters. The molecule has 7 heteroatoms. The van der Waals surface area contributed by atoms with Crippen LogP contribution < -0.4 is 10.6 Å². The van der Waals surface area contributed by atoms with Crippen molar-refractivity contribution in [3.8, 4) is 11.5 Å². The predicted octanol–water partition coefficient (Wildman–Crippen LogP) is 3.81. The summed E-state index contributed by atoms with van der Waals surface area (Å²) in [5.41, 5.74) is 3.08. The number of aryl methyl sites for hydroxylation is 1. The van der Waals surface area contributed by atoms with Crippen molar-refractivity contribution in [1.29, 1.82) is 0 Å². The van der Waals surface area contributed by atoms with Crippen molar-refractivity contribution in [2.24, 2.45) is 4.99 Å². The molecule has 1 atom stereocenters. The molecule has 1 aliphatic rings. The van der Waals surface area contributed by atoms with Gasteiger partial charge in [0.25, 0.3) is 0 Å². The maximum absolute atomic E-state index is 5.62. The summed E-state index contributed by atoms with van der Waals surface area (Å²) in [4.78, 5) is 11.5. The molecule has 1 saturated heterocycles. The largest absolute Gasteiger partial charge is 0.444 e. The number of oxazole rings is 1. The number of nitrogens with one attached hydrogen (secondary N) is 2. The Morgan fingerprint density at radius 3 is 2.57 bits per heavy atom. The maximum atomic E-state index is 5.62. The van der Waals surface area contributed by atoms with Crippen LogP contribution in [0.25, 0.3) is 11.5 Å². The highest BCUT2D eigenvalue weighted by Crippen LogP contribution is 2.19. The van der Waals surface area contributed by atoms with Crippen LogP contribution >= 0.6 is 24.0 Å². The summed E-state index contributed by atoms with van der Waals surface area (Å²) < 4.78 is 5.62. The van der Waals surface area contributed by atoms with Crippen molar-refractivity contribution in [3.63, 3.8) is 0 Å². The number of benzene rings is 1. The van der Waals surface area contributed by atoms with Gasteiger partial charge in [-0.15, -0.1) is 24.0 Å². The fourth-order valence-electron chi connectivity index (χ4n) is 3.46. The predicted molar refractivity (Wildman–Crippen MR) is 125 cm³/mol.